The fourth-order valence-electron chi connectivity index (χ4n) is 5.65. The van der Waals surface area contributed by atoms with Gasteiger partial charge in [0.1, 0.15) is 6.04 Å². The highest BCUT2D eigenvalue weighted by atomic mass is 16.3. The van der Waals surface area contributed by atoms with Crippen molar-refractivity contribution in [2.24, 2.45) is 11.8 Å². The van der Waals surface area contributed by atoms with Crippen LogP contribution in [0.4, 0.5) is 0 Å². The van der Waals surface area contributed by atoms with Crippen molar-refractivity contribution in [3.63, 3.8) is 0 Å². The molecule has 1 aromatic carbocycles. The van der Waals surface area contributed by atoms with Crippen LogP contribution in [0.15, 0.2) is 47.3 Å². The van der Waals surface area contributed by atoms with Gasteiger partial charge in [-0.15, -0.1) is 0 Å². The molecule has 1 saturated heterocycles. The Morgan fingerprint density at radius 3 is 2.60 bits per heavy atom. The van der Waals surface area contributed by atoms with E-state index in [1.807, 2.05) is 29.2 Å². The number of rotatable bonds is 2. The number of carbonyl (C=O) groups is 2. The van der Waals surface area contributed by atoms with E-state index in [4.69, 9.17) is 0 Å². The van der Waals surface area contributed by atoms with E-state index in [-0.39, 0.29) is 35.9 Å². The van der Waals surface area contributed by atoms with Gasteiger partial charge in [0.15, 0.2) is 0 Å². The van der Waals surface area contributed by atoms with Crippen LogP contribution in [0.25, 0.3) is 0 Å². The molecule has 1 N–H and O–H groups in total. The minimum absolute atomic E-state index is 0.113. The summed E-state index contributed by atoms with van der Waals surface area (Å²) in [6.45, 7) is 2.80. The highest BCUT2D eigenvalue weighted by Crippen LogP contribution is 2.49. The van der Waals surface area contributed by atoms with Gasteiger partial charge in [-0.1, -0.05) is 30.3 Å². The molecule has 7 heteroatoms. The fourth-order valence-corrected chi connectivity index (χ4v) is 5.65. The normalized spacial score (nSPS) is 26.9. The monoisotopic (exact) mass is 407 g/mol. The summed E-state index contributed by atoms with van der Waals surface area (Å²) >= 11 is 0. The van der Waals surface area contributed by atoms with Gasteiger partial charge < -0.3 is 19.5 Å². The molecule has 3 aliphatic heterocycles. The maximum absolute atomic E-state index is 13.7. The largest absolute Gasteiger partial charge is 0.396 e. The number of aromatic nitrogens is 1. The van der Waals surface area contributed by atoms with E-state index < -0.39 is 12.0 Å². The summed E-state index contributed by atoms with van der Waals surface area (Å²) in [7, 11) is 0. The highest BCUT2D eigenvalue weighted by molar-refractivity contribution is 5.88. The average Bonchev–Trinajstić information content (AvgIpc) is 3.28. The van der Waals surface area contributed by atoms with Crippen LogP contribution in [0.3, 0.4) is 0 Å². The molecule has 4 atom stereocenters. The quantitative estimate of drug-likeness (QED) is 0.803. The number of hydrogen-bond donors (Lipinski definition) is 1. The molecule has 5 rings (SSSR count). The van der Waals surface area contributed by atoms with Crippen LogP contribution in [-0.4, -0.2) is 50.5 Å². The van der Waals surface area contributed by atoms with Gasteiger partial charge in [0, 0.05) is 56.8 Å². The summed E-state index contributed by atoms with van der Waals surface area (Å²) in [5.74, 6) is -0.873. The SMILES string of the molecule is CC(=O)N1[C@H](C(=O)N2CCc3ccccc3C2)[C@@H](CO)[C@@H]2Cn3c(cccc3=O)[C@@H]21. The third-order valence-electron chi connectivity index (χ3n) is 7.01. The van der Waals surface area contributed by atoms with Crippen molar-refractivity contribution in [2.75, 3.05) is 13.2 Å². The first kappa shape index (κ1) is 19.1. The zero-order valence-electron chi connectivity index (χ0n) is 16.9. The number of aliphatic hydroxyl groups is 1. The second-order valence-corrected chi connectivity index (χ2v) is 8.50. The lowest BCUT2D eigenvalue weighted by molar-refractivity contribution is -0.146. The lowest BCUT2D eigenvalue weighted by Crippen LogP contribution is -2.52. The van der Waals surface area contributed by atoms with Crippen LogP contribution < -0.4 is 5.56 Å². The Kier molecular flexibility index (Phi) is 4.50. The van der Waals surface area contributed by atoms with Crippen molar-refractivity contribution >= 4 is 11.8 Å². The molecule has 30 heavy (non-hydrogen) atoms. The lowest BCUT2D eigenvalue weighted by atomic mass is 9.87. The van der Waals surface area contributed by atoms with Gasteiger partial charge in [-0.05, 0) is 23.6 Å². The fraction of sp³-hybridized carbons (Fsp3) is 0.435. The Hall–Kier alpha value is -2.93. The molecular weight excluding hydrogens is 382 g/mol. The third-order valence-corrected chi connectivity index (χ3v) is 7.01. The second kappa shape index (κ2) is 7.09. The molecule has 0 spiro atoms. The Morgan fingerprint density at radius 1 is 1.10 bits per heavy atom. The Balaban J connectivity index is 1.51. The van der Waals surface area contributed by atoms with Gasteiger partial charge in [0.2, 0.25) is 11.8 Å². The standard InChI is InChI=1S/C23H25N3O4/c1-14(28)26-21-17(12-25-19(21)7-4-8-20(25)29)18(13-27)22(26)23(30)24-10-9-15-5-2-3-6-16(15)11-24/h2-8,17-18,21-22,27H,9-13H2,1H3/t17-,18-,21+,22-/m0/s1. The third kappa shape index (κ3) is 2.72. The molecular formula is C23H25N3O4. The molecule has 0 aliphatic carbocycles. The maximum Gasteiger partial charge on any atom is 0.250 e. The van der Waals surface area contributed by atoms with Crippen molar-refractivity contribution in [1.82, 2.24) is 14.4 Å². The van der Waals surface area contributed by atoms with E-state index in [0.717, 1.165) is 17.7 Å². The molecule has 156 valence electrons. The zero-order chi connectivity index (χ0) is 21.0. The first-order chi connectivity index (χ1) is 14.5. The van der Waals surface area contributed by atoms with Crippen molar-refractivity contribution in [3.05, 3.63) is 69.6 Å². The zero-order valence-corrected chi connectivity index (χ0v) is 16.9. The molecule has 0 saturated carbocycles. The first-order valence-corrected chi connectivity index (χ1v) is 10.5. The molecule has 7 nitrogen and oxygen atoms in total. The molecule has 0 bridgehead atoms. The molecule has 0 radical (unpaired) electrons. The van der Waals surface area contributed by atoms with E-state index in [0.29, 0.717) is 19.6 Å². The van der Waals surface area contributed by atoms with Gasteiger partial charge in [-0.3, -0.25) is 14.4 Å². The topological polar surface area (TPSA) is 82.8 Å². The number of hydrogen-bond acceptors (Lipinski definition) is 4. The summed E-state index contributed by atoms with van der Waals surface area (Å²) in [5, 5.41) is 10.2. The predicted molar refractivity (Wildman–Crippen MR) is 109 cm³/mol. The molecule has 1 aromatic heterocycles. The number of aliphatic hydroxyl groups excluding tert-OH is 1. The molecule has 4 heterocycles. The van der Waals surface area contributed by atoms with Crippen LogP contribution in [0.5, 0.6) is 0 Å². The number of pyridine rings is 1. The molecule has 2 aromatic rings. The number of likely N-dealkylation sites (tertiary alicyclic amines) is 1. The number of benzene rings is 1. The Labute approximate surface area is 174 Å². The summed E-state index contributed by atoms with van der Waals surface area (Å²) in [4.78, 5) is 42.1. The highest BCUT2D eigenvalue weighted by Gasteiger charge is 2.57. The van der Waals surface area contributed by atoms with Crippen LogP contribution in [0.2, 0.25) is 0 Å². The summed E-state index contributed by atoms with van der Waals surface area (Å²) < 4.78 is 1.67. The van der Waals surface area contributed by atoms with Crippen LogP contribution >= 0.6 is 0 Å². The van der Waals surface area contributed by atoms with E-state index in [1.165, 1.54) is 18.6 Å². The van der Waals surface area contributed by atoms with Crippen LogP contribution in [0, 0.1) is 11.8 Å². The van der Waals surface area contributed by atoms with Gasteiger partial charge in [0.05, 0.1) is 6.04 Å². The summed E-state index contributed by atoms with van der Waals surface area (Å²) in [6, 6.07) is 12.1. The number of amides is 2. The maximum atomic E-state index is 13.7. The number of nitrogens with zero attached hydrogens (tertiary/aromatic N) is 3. The Bertz CT molecular complexity index is 1080. The number of carbonyl (C=O) groups excluding carboxylic acids is 2. The van der Waals surface area contributed by atoms with Crippen molar-refractivity contribution in [2.45, 2.75) is 38.5 Å². The molecule has 2 amide bonds. The van der Waals surface area contributed by atoms with Gasteiger partial charge in [0.25, 0.3) is 5.56 Å². The first-order valence-electron chi connectivity index (χ1n) is 10.5. The van der Waals surface area contributed by atoms with Crippen LogP contribution in [-0.2, 0) is 29.1 Å². The minimum atomic E-state index is -0.711. The van der Waals surface area contributed by atoms with E-state index in [1.54, 1.807) is 15.5 Å². The van der Waals surface area contributed by atoms with Gasteiger partial charge in [-0.25, -0.2) is 0 Å². The van der Waals surface area contributed by atoms with Gasteiger partial charge >= 0.3 is 0 Å². The summed E-state index contributed by atoms with van der Waals surface area (Å²) in [5.41, 5.74) is 3.01. The van der Waals surface area contributed by atoms with Gasteiger partial charge in [-0.2, -0.15) is 0 Å². The molecule has 0 unspecified atom stereocenters. The summed E-state index contributed by atoms with van der Waals surface area (Å²) in [6.07, 6.45) is 0.781. The predicted octanol–water partition coefficient (Wildman–Crippen LogP) is 0.943. The van der Waals surface area contributed by atoms with E-state index >= 15 is 0 Å². The van der Waals surface area contributed by atoms with Crippen molar-refractivity contribution in [1.29, 1.82) is 0 Å². The lowest BCUT2D eigenvalue weighted by Gasteiger charge is -2.36. The minimum Gasteiger partial charge on any atom is -0.396 e. The Morgan fingerprint density at radius 2 is 1.87 bits per heavy atom. The van der Waals surface area contributed by atoms with Crippen molar-refractivity contribution in [3.8, 4) is 0 Å². The smallest absolute Gasteiger partial charge is 0.250 e. The van der Waals surface area contributed by atoms with Crippen LogP contribution in [0.1, 0.15) is 29.8 Å². The second-order valence-electron chi connectivity index (χ2n) is 8.50. The average molecular weight is 407 g/mol. The van der Waals surface area contributed by atoms with E-state index in [9.17, 15) is 19.5 Å². The van der Waals surface area contributed by atoms with Crippen molar-refractivity contribution < 1.29 is 14.7 Å². The van der Waals surface area contributed by atoms with E-state index in [2.05, 4.69) is 6.07 Å². The molecule has 3 aliphatic rings. The molecule has 1 fully saturated rings. The number of fused-ring (bicyclic) bond motifs is 4.